The van der Waals surface area contributed by atoms with Crippen molar-refractivity contribution in [3.8, 4) is 0 Å². The zero-order chi connectivity index (χ0) is 11.6. The summed E-state index contributed by atoms with van der Waals surface area (Å²) in [6, 6.07) is 0.656. The lowest BCUT2D eigenvalue weighted by Crippen LogP contribution is -2.33. The normalized spacial score (nSPS) is 19.9. The lowest BCUT2D eigenvalue weighted by atomic mass is 10.1. The van der Waals surface area contributed by atoms with Gasteiger partial charge in [0.2, 0.25) is 0 Å². The molecule has 1 fully saturated rings. The van der Waals surface area contributed by atoms with Gasteiger partial charge in [0.1, 0.15) is 0 Å². The summed E-state index contributed by atoms with van der Waals surface area (Å²) in [5, 5.41) is 6.88. The number of piperidine rings is 1. The van der Waals surface area contributed by atoms with Crippen LogP contribution in [0.5, 0.6) is 0 Å². The van der Waals surface area contributed by atoms with E-state index in [1.165, 1.54) is 25.7 Å². The maximum absolute atomic E-state index is 5.84. The van der Waals surface area contributed by atoms with Gasteiger partial charge in [-0.25, -0.2) is 0 Å². The van der Waals surface area contributed by atoms with E-state index in [0.717, 1.165) is 32.7 Å². The second-order valence-corrected chi connectivity index (χ2v) is 4.82. The molecule has 3 nitrogen and oxygen atoms in total. The molecular formula is C13H28N2O. The van der Waals surface area contributed by atoms with E-state index in [-0.39, 0.29) is 0 Å². The highest BCUT2D eigenvalue weighted by Crippen LogP contribution is 2.07. The Morgan fingerprint density at radius 3 is 2.81 bits per heavy atom. The fraction of sp³-hybridized carbons (Fsp3) is 1.00. The number of ether oxygens (including phenoxy) is 1. The zero-order valence-electron chi connectivity index (χ0n) is 10.9. The molecule has 16 heavy (non-hydrogen) atoms. The standard InChI is InChI=1S/C13H28N2O/c1-3-5-12(2)15-8-4-11-16-13-6-9-14-10-7-13/h12-15H,3-11H2,1-2H3. The van der Waals surface area contributed by atoms with E-state index in [0.29, 0.717) is 12.1 Å². The van der Waals surface area contributed by atoms with Gasteiger partial charge in [-0.2, -0.15) is 0 Å². The summed E-state index contributed by atoms with van der Waals surface area (Å²) in [7, 11) is 0. The molecule has 0 radical (unpaired) electrons. The average Bonchev–Trinajstić information content (AvgIpc) is 2.30. The highest BCUT2D eigenvalue weighted by Gasteiger charge is 2.12. The molecule has 0 amide bonds. The van der Waals surface area contributed by atoms with Crippen LogP contribution in [0.25, 0.3) is 0 Å². The first-order chi connectivity index (χ1) is 7.83. The predicted octanol–water partition coefficient (Wildman–Crippen LogP) is 1.92. The highest BCUT2D eigenvalue weighted by molar-refractivity contribution is 4.68. The van der Waals surface area contributed by atoms with Crippen molar-refractivity contribution in [1.82, 2.24) is 10.6 Å². The van der Waals surface area contributed by atoms with Gasteiger partial charge in [0.15, 0.2) is 0 Å². The van der Waals surface area contributed by atoms with E-state index >= 15 is 0 Å². The first-order valence-corrected chi connectivity index (χ1v) is 6.88. The zero-order valence-corrected chi connectivity index (χ0v) is 10.9. The van der Waals surface area contributed by atoms with E-state index in [9.17, 15) is 0 Å². The maximum atomic E-state index is 5.84. The minimum atomic E-state index is 0.509. The molecule has 1 unspecified atom stereocenters. The Bertz CT molecular complexity index is 158. The van der Waals surface area contributed by atoms with E-state index in [4.69, 9.17) is 4.74 Å². The monoisotopic (exact) mass is 228 g/mol. The molecule has 0 spiro atoms. The van der Waals surface area contributed by atoms with Crippen molar-refractivity contribution >= 4 is 0 Å². The summed E-state index contributed by atoms with van der Waals surface area (Å²) in [4.78, 5) is 0. The summed E-state index contributed by atoms with van der Waals surface area (Å²) in [5.74, 6) is 0. The molecule has 1 saturated heterocycles. The molecule has 1 atom stereocenters. The molecular weight excluding hydrogens is 200 g/mol. The fourth-order valence-corrected chi connectivity index (χ4v) is 2.17. The molecule has 0 bridgehead atoms. The SMILES string of the molecule is CCCC(C)NCCCOC1CCNCC1. The van der Waals surface area contributed by atoms with Gasteiger partial charge in [0, 0.05) is 12.6 Å². The third-order valence-electron chi connectivity index (χ3n) is 3.18. The average molecular weight is 228 g/mol. The number of hydrogen-bond donors (Lipinski definition) is 2. The van der Waals surface area contributed by atoms with Crippen molar-refractivity contribution in [3.05, 3.63) is 0 Å². The minimum Gasteiger partial charge on any atom is -0.378 e. The highest BCUT2D eigenvalue weighted by atomic mass is 16.5. The summed E-state index contributed by atoms with van der Waals surface area (Å²) in [5.41, 5.74) is 0. The van der Waals surface area contributed by atoms with E-state index in [1.54, 1.807) is 0 Å². The Morgan fingerprint density at radius 2 is 2.12 bits per heavy atom. The van der Waals surface area contributed by atoms with E-state index < -0.39 is 0 Å². The van der Waals surface area contributed by atoms with Crippen LogP contribution in [-0.2, 0) is 4.74 Å². The van der Waals surface area contributed by atoms with Gasteiger partial charge in [-0.15, -0.1) is 0 Å². The van der Waals surface area contributed by atoms with Gasteiger partial charge in [-0.1, -0.05) is 13.3 Å². The topological polar surface area (TPSA) is 33.3 Å². The maximum Gasteiger partial charge on any atom is 0.0599 e. The first kappa shape index (κ1) is 13.9. The third-order valence-corrected chi connectivity index (χ3v) is 3.18. The smallest absolute Gasteiger partial charge is 0.0599 e. The predicted molar refractivity (Wildman–Crippen MR) is 68.8 cm³/mol. The van der Waals surface area contributed by atoms with Gasteiger partial charge in [-0.3, -0.25) is 0 Å². The molecule has 1 heterocycles. The van der Waals surface area contributed by atoms with Crippen LogP contribution < -0.4 is 10.6 Å². The molecule has 0 aromatic rings. The van der Waals surface area contributed by atoms with E-state index in [2.05, 4.69) is 24.5 Å². The lowest BCUT2D eigenvalue weighted by Gasteiger charge is -2.23. The van der Waals surface area contributed by atoms with Gasteiger partial charge >= 0.3 is 0 Å². The van der Waals surface area contributed by atoms with Crippen LogP contribution in [0.4, 0.5) is 0 Å². The van der Waals surface area contributed by atoms with Crippen molar-refractivity contribution in [2.45, 2.75) is 58.1 Å². The van der Waals surface area contributed by atoms with Crippen LogP contribution >= 0.6 is 0 Å². The minimum absolute atomic E-state index is 0.509. The molecule has 96 valence electrons. The van der Waals surface area contributed by atoms with Crippen molar-refractivity contribution in [3.63, 3.8) is 0 Å². The quantitative estimate of drug-likeness (QED) is 0.623. The van der Waals surface area contributed by atoms with E-state index in [1.807, 2.05) is 0 Å². The van der Waals surface area contributed by atoms with Crippen LogP contribution in [0.1, 0.15) is 46.0 Å². The molecule has 0 aromatic heterocycles. The molecule has 3 heteroatoms. The lowest BCUT2D eigenvalue weighted by molar-refractivity contribution is 0.0316. The molecule has 0 aliphatic carbocycles. The van der Waals surface area contributed by atoms with Crippen LogP contribution in [0, 0.1) is 0 Å². The second-order valence-electron chi connectivity index (χ2n) is 4.82. The largest absolute Gasteiger partial charge is 0.378 e. The van der Waals surface area contributed by atoms with Crippen LogP contribution in [0.15, 0.2) is 0 Å². The number of hydrogen-bond acceptors (Lipinski definition) is 3. The molecule has 1 aliphatic heterocycles. The Kier molecular flexibility index (Phi) is 7.81. The van der Waals surface area contributed by atoms with Gasteiger partial charge < -0.3 is 15.4 Å². The Balaban J connectivity index is 1.87. The molecule has 1 rings (SSSR count). The summed E-state index contributed by atoms with van der Waals surface area (Å²) in [6.07, 6.45) is 6.54. The molecule has 2 N–H and O–H groups in total. The second kappa shape index (κ2) is 8.97. The third kappa shape index (κ3) is 6.46. The number of nitrogens with one attached hydrogen (secondary N) is 2. The molecule has 0 aromatic carbocycles. The van der Waals surface area contributed by atoms with Crippen LogP contribution in [0.2, 0.25) is 0 Å². The van der Waals surface area contributed by atoms with Crippen LogP contribution in [-0.4, -0.2) is 38.4 Å². The summed E-state index contributed by atoms with van der Waals surface area (Å²) in [6.45, 7) is 8.74. The Hall–Kier alpha value is -0.120. The van der Waals surface area contributed by atoms with Gasteiger partial charge in [0.25, 0.3) is 0 Å². The van der Waals surface area contributed by atoms with Crippen molar-refractivity contribution in [2.24, 2.45) is 0 Å². The number of rotatable bonds is 8. The summed E-state index contributed by atoms with van der Waals surface area (Å²) < 4.78 is 5.84. The summed E-state index contributed by atoms with van der Waals surface area (Å²) >= 11 is 0. The van der Waals surface area contributed by atoms with Crippen molar-refractivity contribution < 1.29 is 4.74 Å². The van der Waals surface area contributed by atoms with Gasteiger partial charge in [-0.05, 0) is 52.2 Å². The Morgan fingerprint density at radius 1 is 1.38 bits per heavy atom. The molecule has 1 aliphatic rings. The van der Waals surface area contributed by atoms with Gasteiger partial charge in [0.05, 0.1) is 6.10 Å². The van der Waals surface area contributed by atoms with Crippen molar-refractivity contribution in [2.75, 3.05) is 26.2 Å². The fourth-order valence-electron chi connectivity index (χ4n) is 2.17. The Labute approximate surface area is 100 Å². The first-order valence-electron chi connectivity index (χ1n) is 6.88. The van der Waals surface area contributed by atoms with Crippen molar-refractivity contribution in [1.29, 1.82) is 0 Å². The van der Waals surface area contributed by atoms with Crippen LogP contribution in [0.3, 0.4) is 0 Å². The molecule has 0 saturated carbocycles.